The molecule has 2 N–H and O–H groups in total. The molecule has 3 aromatic rings. The van der Waals surface area contributed by atoms with Gasteiger partial charge in [-0.25, -0.2) is 12.7 Å². The van der Waals surface area contributed by atoms with E-state index >= 15 is 0 Å². The summed E-state index contributed by atoms with van der Waals surface area (Å²) < 4.78 is 28.4. The smallest absolute Gasteiger partial charge is 0.268 e. The minimum Gasteiger partial charge on any atom is -0.506 e. The zero-order valence-electron chi connectivity index (χ0n) is 18.9. The van der Waals surface area contributed by atoms with E-state index in [9.17, 15) is 18.3 Å². The number of para-hydroxylation sites is 3. The zero-order valence-corrected chi connectivity index (χ0v) is 19.7. The maximum atomic E-state index is 13.6. The second-order valence-electron chi connectivity index (χ2n) is 8.28. The molecule has 1 amide bonds. The molecular formula is C26H29N3O4S. The Bertz CT molecular complexity index is 1210. The van der Waals surface area contributed by atoms with Crippen LogP contribution in [0.3, 0.4) is 0 Å². The summed E-state index contributed by atoms with van der Waals surface area (Å²) in [6.07, 6.45) is 3.67. The number of carbonyl (C=O) groups excluding carboxylic acids is 1. The fraction of sp³-hybridized carbons (Fsp3) is 0.269. The summed E-state index contributed by atoms with van der Waals surface area (Å²) in [7, 11) is -4.07. The van der Waals surface area contributed by atoms with E-state index in [4.69, 9.17) is 0 Å². The molecule has 1 fully saturated rings. The van der Waals surface area contributed by atoms with E-state index in [1.807, 2.05) is 0 Å². The minimum atomic E-state index is -4.07. The molecule has 178 valence electrons. The van der Waals surface area contributed by atoms with Crippen molar-refractivity contribution in [1.82, 2.24) is 10.2 Å². The Labute approximate surface area is 200 Å². The van der Waals surface area contributed by atoms with Gasteiger partial charge in [0.05, 0.1) is 16.3 Å². The zero-order chi connectivity index (χ0) is 24.0. The lowest BCUT2D eigenvalue weighted by atomic mass is 10.1. The molecule has 0 atom stereocenters. The molecule has 1 aliphatic rings. The Balaban J connectivity index is 1.52. The van der Waals surface area contributed by atoms with E-state index in [0.29, 0.717) is 17.8 Å². The van der Waals surface area contributed by atoms with Crippen molar-refractivity contribution in [2.24, 2.45) is 0 Å². The topological polar surface area (TPSA) is 90.0 Å². The molecule has 1 aliphatic heterocycles. The molecule has 0 aliphatic carbocycles. The number of aromatic hydroxyl groups is 1. The summed E-state index contributed by atoms with van der Waals surface area (Å²) in [5.74, 6) is -0.388. The lowest BCUT2D eigenvalue weighted by Gasteiger charge is -2.26. The van der Waals surface area contributed by atoms with Crippen LogP contribution < -0.4 is 9.62 Å². The third-order valence-corrected chi connectivity index (χ3v) is 7.66. The van der Waals surface area contributed by atoms with Crippen LogP contribution in [-0.4, -0.2) is 50.5 Å². The standard InChI is InChI=1S/C26H29N3O4S/c30-25-12-6-5-11-24(25)29(22-9-3-1-4-10-22)34(32,33)23-15-13-21(14-16-23)26(31)27-17-20-28-18-7-2-8-19-28/h1,3-6,9-16,30H,2,7-8,17-20H2,(H,27,31). The predicted molar refractivity (Wildman–Crippen MR) is 133 cm³/mol. The van der Waals surface area contributed by atoms with Crippen LogP contribution >= 0.6 is 0 Å². The van der Waals surface area contributed by atoms with E-state index < -0.39 is 10.0 Å². The van der Waals surface area contributed by atoms with Gasteiger partial charge < -0.3 is 15.3 Å². The van der Waals surface area contributed by atoms with E-state index in [1.165, 1.54) is 49.6 Å². The second kappa shape index (κ2) is 10.7. The van der Waals surface area contributed by atoms with Gasteiger partial charge in [-0.1, -0.05) is 36.8 Å². The highest BCUT2D eigenvalue weighted by atomic mass is 32.2. The number of amides is 1. The Morgan fingerprint density at radius 1 is 0.882 bits per heavy atom. The first kappa shape index (κ1) is 23.8. The van der Waals surface area contributed by atoms with E-state index in [1.54, 1.807) is 48.5 Å². The van der Waals surface area contributed by atoms with Crippen LogP contribution in [0.25, 0.3) is 0 Å². The summed E-state index contributed by atoms with van der Waals surface area (Å²) in [5.41, 5.74) is 0.933. The van der Waals surface area contributed by atoms with Crippen LogP contribution in [0.5, 0.6) is 5.75 Å². The molecule has 1 heterocycles. The lowest BCUT2D eigenvalue weighted by Crippen LogP contribution is -2.37. The maximum absolute atomic E-state index is 13.6. The van der Waals surface area contributed by atoms with Gasteiger partial charge in [0.15, 0.2) is 0 Å². The minimum absolute atomic E-state index is 0.0180. The van der Waals surface area contributed by atoms with Crippen LogP contribution in [0.15, 0.2) is 83.8 Å². The summed E-state index contributed by atoms with van der Waals surface area (Å²) in [5, 5.41) is 13.3. The number of benzene rings is 3. The average Bonchev–Trinajstić information content (AvgIpc) is 2.86. The Hall–Kier alpha value is -3.36. The summed E-state index contributed by atoms with van der Waals surface area (Å²) in [6.45, 7) is 3.49. The number of hydrogen-bond donors (Lipinski definition) is 2. The molecule has 7 nitrogen and oxygen atoms in total. The van der Waals surface area contributed by atoms with Crippen LogP contribution in [0.1, 0.15) is 29.6 Å². The van der Waals surface area contributed by atoms with Crippen LogP contribution in [0.4, 0.5) is 11.4 Å². The van der Waals surface area contributed by atoms with Crippen molar-refractivity contribution in [3.63, 3.8) is 0 Å². The number of nitrogens with one attached hydrogen (secondary N) is 1. The van der Waals surface area contributed by atoms with Crippen molar-refractivity contribution in [1.29, 1.82) is 0 Å². The van der Waals surface area contributed by atoms with Gasteiger partial charge in [0.1, 0.15) is 5.75 Å². The molecule has 0 radical (unpaired) electrons. The first-order valence-corrected chi connectivity index (χ1v) is 12.9. The summed E-state index contributed by atoms with van der Waals surface area (Å²) in [4.78, 5) is 14.9. The third-order valence-electron chi connectivity index (χ3n) is 5.91. The van der Waals surface area contributed by atoms with Crippen LogP contribution in [0.2, 0.25) is 0 Å². The Morgan fingerprint density at radius 3 is 2.21 bits per heavy atom. The molecule has 3 aromatic carbocycles. The van der Waals surface area contributed by atoms with Crippen molar-refractivity contribution >= 4 is 27.3 Å². The predicted octanol–water partition coefficient (Wildman–Crippen LogP) is 4.13. The number of rotatable bonds is 8. The highest BCUT2D eigenvalue weighted by molar-refractivity contribution is 7.93. The number of phenols is 1. The van der Waals surface area contributed by atoms with E-state index in [2.05, 4.69) is 10.2 Å². The lowest BCUT2D eigenvalue weighted by molar-refractivity contribution is 0.0946. The highest BCUT2D eigenvalue weighted by Gasteiger charge is 2.28. The normalized spacial score (nSPS) is 14.5. The van der Waals surface area contributed by atoms with Gasteiger partial charge in [0.2, 0.25) is 0 Å². The van der Waals surface area contributed by atoms with Crippen LogP contribution in [0, 0.1) is 0 Å². The van der Waals surface area contributed by atoms with Gasteiger partial charge in [-0.15, -0.1) is 0 Å². The van der Waals surface area contributed by atoms with Crippen molar-refractivity contribution in [2.45, 2.75) is 24.2 Å². The first-order valence-electron chi connectivity index (χ1n) is 11.5. The molecule has 0 saturated carbocycles. The first-order chi connectivity index (χ1) is 16.5. The van der Waals surface area contributed by atoms with Crippen molar-refractivity contribution in [3.05, 3.63) is 84.4 Å². The van der Waals surface area contributed by atoms with Crippen LogP contribution in [-0.2, 0) is 10.0 Å². The molecule has 0 unspecified atom stereocenters. The maximum Gasteiger partial charge on any atom is 0.268 e. The number of nitrogens with zero attached hydrogens (tertiary/aromatic N) is 2. The molecule has 4 rings (SSSR count). The largest absolute Gasteiger partial charge is 0.506 e. The average molecular weight is 480 g/mol. The van der Waals surface area contributed by atoms with Gasteiger partial charge in [-0.3, -0.25) is 4.79 Å². The van der Waals surface area contributed by atoms with Gasteiger partial charge in [0.25, 0.3) is 15.9 Å². The monoisotopic (exact) mass is 479 g/mol. The molecule has 8 heteroatoms. The number of hydrogen-bond acceptors (Lipinski definition) is 5. The number of carbonyl (C=O) groups is 1. The molecule has 0 spiro atoms. The Morgan fingerprint density at radius 2 is 1.53 bits per heavy atom. The fourth-order valence-corrected chi connectivity index (χ4v) is 5.61. The highest BCUT2D eigenvalue weighted by Crippen LogP contribution is 2.37. The number of anilines is 2. The third kappa shape index (κ3) is 5.40. The summed E-state index contributed by atoms with van der Waals surface area (Å²) >= 11 is 0. The number of phenolic OH excluding ortho intramolecular Hbond substituents is 1. The SMILES string of the molecule is O=C(NCCN1CCCCC1)c1ccc(S(=O)(=O)N(c2ccccc2)c2ccccc2O)cc1. The summed E-state index contributed by atoms with van der Waals surface area (Å²) in [6, 6.07) is 20.7. The van der Waals surface area contributed by atoms with Crippen molar-refractivity contribution in [2.75, 3.05) is 30.5 Å². The van der Waals surface area contributed by atoms with Gasteiger partial charge in [0, 0.05) is 18.7 Å². The van der Waals surface area contributed by atoms with E-state index in [0.717, 1.165) is 23.9 Å². The number of likely N-dealkylation sites (tertiary alicyclic amines) is 1. The number of piperidine rings is 1. The quantitative estimate of drug-likeness (QED) is 0.507. The van der Waals surface area contributed by atoms with E-state index in [-0.39, 0.29) is 22.2 Å². The molecule has 1 saturated heterocycles. The Kier molecular flexibility index (Phi) is 7.49. The van der Waals surface area contributed by atoms with Gasteiger partial charge in [-0.2, -0.15) is 0 Å². The fourth-order valence-electron chi connectivity index (χ4n) is 4.10. The van der Waals surface area contributed by atoms with Crippen molar-refractivity contribution < 1.29 is 18.3 Å². The molecule has 0 aromatic heterocycles. The molecular weight excluding hydrogens is 450 g/mol. The van der Waals surface area contributed by atoms with Gasteiger partial charge >= 0.3 is 0 Å². The van der Waals surface area contributed by atoms with Gasteiger partial charge in [-0.05, 0) is 74.5 Å². The molecule has 0 bridgehead atoms. The van der Waals surface area contributed by atoms with Crippen molar-refractivity contribution in [3.8, 4) is 5.75 Å². The molecule has 34 heavy (non-hydrogen) atoms. The second-order valence-corrected chi connectivity index (χ2v) is 10.1. The number of sulfonamides is 1.